The van der Waals surface area contributed by atoms with Gasteiger partial charge >= 0.3 is 0 Å². The van der Waals surface area contributed by atoms with Crippen LogP contribution >= 0.6 is 0 Å². The summed E-state index contributed by atoms with van der Waals surface area (Å²) in [6, 6.07) is 28.9. The number of benzene rings is 3. The zero-order chi connectivity index (χ0) is 20.9. The highest BCUT2D eigenvalue weighted by atomic mass is 16.3. The Morgan fingerprint density at radius 2 is 1.27 bits per heavy atom. The lowest BCUT2D eigenvalue weighted by Crippen LogP contribution is -2.53. The van der Waals surface area contributed by atoms with E-state index in [1.165, 1.54) is 0 Å². The first-order valence-corrected chi connectivity index (χ1v) is 10.3. The zero-order valence-electron chi connectivity index (χ0n) is 16.9. The summed E-state index contributed by atoms with van der Waals surface area (Å²) >= 11 is 0. The van der Waals surface area contributed by atoms with Gasteiger partial charge in [-0.3, -0.25) is 4.90 Å². The molecule has 1 fully saturated rings. The van der Waals surface area contributed by atoms with Crippen molar-refractivity contribution in [3.8, 4) is 0 Å². The molecule has 0 aromatic heterocycles. The fourth-order valence-electron chi connectivity index (χ4n) is 4.11. The number of aliphatic hydroxyl groups excluding tert-OH is 3. The third-order valence-corrected chi connectivity index (χ3v) is 5.68. The molecule has 1 aliphatic heterocycles. The molecule has 3 aromatic carbocycles. The number of likely N-dealkylation sites (tertiary alicyclic amines) is 1. The molecular formula is C25H28N2O3. The molecule has 0 amide bonds. The number of aliphatic hydroxyl groups is 3. The SMILES string of the molecule is OCC1CN(Cc2ccc(N(c3ccccc3)c3ccccc3)cc2)CC(O)C1O. The molecule has 0 aliphatic carbocycles. The van der Waals surface area contributed by atoms with Crippen LogP contribution in [0.15, 0.2) is 84.9 Å². The fraction of sp³-hybridized carbons (Fsp3) is 0.280. The molecule has 1 saturated heterocycles. The number of hydrogen-bond donors (Lipinski definition) is 3. The smallest absolute Gasteiger partial charge is 0.0929 e. The number of rotatable bonds is 6. The van der Waals surface area contributed by atoms with Gasteiger partial charge in [0.05, 0.1) is 12.2 Å². The Bertz CT molecular complexity index is 879. The molecule has 0 saturated carbocycles. The summed E-state index contributed by atoms with van der Waals surface area (Å²) in [5.74, 6) is -0.320. The van der Waals surface area contributed by atoms with Crippen LogP contribution in [0.4, 0.5) is 17.1 Å². The van der Waals surface area contributed by atoms with E-state index in [0.29, 0.717) is 19.6 Å². The number of hydrogen-bond acceptors (Lipinski definition) is 5. The highest BCUT2D eigenvalue weighted by Crippen LogP contribution is 2.34. The largest absolute Gasteiger partial charge is 0.396 e. The van der Waals surface area contributed by atoms with Gasteiger partial charge in [-0.2, -0.15) is 0 Å². The maximum atomic E-state index is 10.1. The maximum Gasteiger partial charge on any atom is 0.0929 e. The van der Waals surface area contributed by atoms with Crippen LogP contribution in [0.3, 0.4) is 0 Å². The number of β-amino-alcohol motifs (C(OH)–C–C–N with tert-alkyl or cyclic N) is 1. The third-order valence-electron chi connectivity index (χ3n) is 5.68. The van der Waals surface area contributed by atoms with Gasteiger partial charge in [0.25, 0.3) is 0 Å². The van der Waals surface area contributed by atoms with Crippen LogP contribution in [0.25, 0.3) is 0 Å². The highest BCUT2D eigenvalue weighted by Gasteiger charge is 2.34. The first kappa shape index (κ1) is 20.6. The Labute approximate surface area is 177 Å². The maximum absolute atomic E-state index is 10.1. The van der Waals surface area contributed by atoms with E-state index >= 15 is 0 Å². The number of piperidine rings is 1. The Balaban J connectivity index is 1.54. The predicted octanol–water partition coefficient (Wildman–Crippen LogP) is 3.30. The van der Waals surface area contributed by atoms with Crippen molar-refractivity contribution in [2.45, 2.75) is 18.8 Å². The monoisotopic (exact) mass is 404 g/mol. The second-order valence-electron chi connectivity index (χ2n) is 7.87. The first-order chi connectivity index (χ1) is 14.7. The summed E-state index contributed by atoms with van der Waals surface area (Å²) in [5.41, 5.74) is 4.38. The molecule has 0 radical (unpaired) electrons. The molecule has 3 N–H and O–H groups in total. The molecule has 1 aliphatic rings. The van der Waals surface area contributed by atoms with Crippen molar-refractivity contribution in [2.75, 3.05) is 24.6 Å². The van der Waals surface area contributed by atoms with Gasteiger partial charge in [0.15, 0.2) is 0 Å². The van der Waals surface area contributed by atoms with Crippen molar-refractivity contribution in [2.24, 2.45) is 5.92 Å². The van der Waals surface area contributed by atoms with Crippen LogP contribution in [-0.2, 0) is 6.54 Å². The van der Waals surface area contributed by atoms with Crippen molar-refractivity contribution in [1.82, 2.24) is 4.90 Å². The van der Waals surface area contributed by atoms with Gasteiger partial charge in [-0.1, -0.05) is 48.5 Å². The summed E-state index contributed by atoms with van der Waals surface area (Å²) in [5, 5.41) is 29.6. The van der Waals surface area contributed by atoms with Gasteiger partial charge in [-0.15, -0.1) is 0 Å². The number of anilines is 3. The van der Waals surface area contributed by atoms with Crippen molar-refractivity contribution in [3.63, 3.8) is 0 Å². The van der Waals surface area contributed by atoms with E-state index in [0.717, 1.165) is 22.6 Å². The van der Waals surface area contributed by atoms with Crippen molar-refractivity contribution < 1.29 is 15.3 Å². The van der Waals surface area contributed by atoms with E-state index in [-0.39, 0.29) is 12.5 Å². The lowest BCUT2D eigenvalue weighted by Gasteiger charge is -2.38. The molecule has 3 unspecified atom stereocenters. The van der Waals surface area contributed by atoms with Crippen LogP contribution in [0.1, 0.15) is 5.56 Å². The zero-order valence-corrected chi connectivity index (χ0v) is 16.9. The Morgan fingerprint density at radius 1 is 0.733 bits per heavy atom. The normalized spacial score (nSPS) is 22.0. The van der Waals surface area contributed by atoms with Gasteiger partial charge in [0.2, 0.25) is 0 Å². The number of para-hydroxylation sites is 2. The fourth-order valence-corrected chi connectivity index (χ4v) is 4.11. The minimum atomic E-state index is -0.862. The van der Waals surface area contributed by atoms with E-state index in [2.05, 4.69) is 58.3 Å². The van der Waals surface area contributed by atoms with E-state index in [1.54, 1.807) is 0 Å². The summed E-state index contributed by atoms with van der Waals surface area (Å²) in [4.78, 5) is 4.30. The minimum Gasteiger partial charge on any atom is -0.396 e. The molecule has 1 heterocycles. The lowest BCUT2D eigenvalue weighted by molar-refractivity contribution is -0.0879. The van der Waals surface area contributed by atoms with Crippen LogP contribution in [-0.4, -0.2) is 52.1 Å². The highest BCUT2D eigenvalue weighted by molar-refractivity contribution is 5.76. The molecular weight excluding hydrogens is 376 g/mol. The Hall–Kier alpha value is -2.70. The molecule has 0 bridgehead atoms. The molecule has 156 valence electrons. The average molecular weight is 405 g/mol. The quantitative estimate of drug-likeness (QED) is 0.588. The average Bonchev–Trinajstić information content (AvgIpc) is 2.79. The van der Waals surface area contributed by atoms with E-state index in [9.17, 15) is 15.3 Å². The second kappa shape index (κ2) is 9.41. The van der Waals surface area contributed by atoms with Crippen LogP contribution in [0.5, 0.6) is 0 Å². The van der Waals surface area contributed by atoms with E-state index in [1.807, 2.05) is 36.4 Å². The first-order valence-electron chi connectivity index (χ1n) is 10.3. The molecule has 5 heteroatoms. The molecule has 30 heavy (non-hydrogen) atoms. The van der Waals surface area contributed by atoms with Crippen molar-refractivity contribution in [1.29, 1.82) is 0 Å². The van der Waals surface area contributed by atoms with Crippen LogP contribution < -0.4 is 4.90 Å². The Kier molecular flexibility index (Phi) is 6.45. The molecule has 5 nitrogen and oxygen atoms in total. The third kappa shape index (κ3) is 4.55. The van der Waals surface area contributed by atoms with E-state index < -0.39 is 12.2 Å². The van der Waals surface area contributed by atoms with E-state index in [4.69, 9.17) is 0 Å². The van der Waals surface area contributed by atoms with Crippen molar-refractivity contribution >= 4 is 17.1 Å². The lowest BCUT2D eigenvalue weighted by atomic mass is 9.93. The molecule has 0 spiro atoms. The summed E-state index contributed by atoms with van der Waals surface area (Å²) in [7, 11) is 0. The summed E-state index contributed by atoms with van der Waals surface area (Å²) in [6.45, 7) is 1.50. The van der Waals surface area contributed by atoms with Crippen LogP contribution in [0, 0.1) is 5.92 Å². The summed E-state index contributed by atoms with van der Waals surface area (Å²) in [6.07, 6.45) is -1.69. The van der Waals surface area contributed by atoms with Gasteiger partial charge < -0.3 is 20.2 Å². The predicted molar refractivity (Wildman–Crippen MR) is 119 cm³/mol. The minimum absolute atomic E-state index is 0.128. The topological polar surface area (TPSA) is 67.2 Å². The number of nitrogens with zero attached hydrogens (tertiary/aromatic N) is 2. The molecule has 4 rings (SSSR count). The van der Waals surface area contributed by atoms with Gasteiger partial charge in [-0.05, 0) is 42.0 Å². The molecule has 3 aromatic rings. The second-order valence-corrected chi connectivity index (χ2v) is 7.87. The van der Waals surface area contributed by atoms with Gasteiger partial charge in [-0.25, -0.2) is 0 Å². The Morgan fingerprint density at radius 3 is 1.80 bits per heavy atom. The van der Waals surface area contributed by atoms with Crippen molar-refractivity contribution in [3.05, 3.63) is 90.5 Å². The summed E-state index contributed by atoms with van der Waals surface area (Å²) < 4.78 is 0. The van der Waals surface area contributed by atoms with Crippen LogP contribution in [0.2, 0.25) is 0 Å². The van der Waals surface area contributed by atoms with Gasteiger partial charge in [0, 0.05) is 49.2 Å². The van der Waals surface area contributed by atoms with Gasteiger partial charge in [0.1, 0.15) is 0 Å². The standard InChI is InChI=1S/C25H28N2O3/c28-18-20-16-26(17-24(29)25(20)30)15-19-11-13-23(14-12-19)27(21-7-3-1-4-8-21)22-9-5-2-6-10-22/h1-14,20,24-25,28-30H,15-18H2. The molecule has 3 atom stereocenters.